The van der Waals surface area contributed by atoms with Crippen LogP contribution in [0.15, 0.2) is 11.6 Å². The molecule has 8 atom stereocenters. The van der Waals surface area contributed by atoms with Gasteiger partial charge >= 0.3 is 0 Å². The SMILES string of the molecule is C[C@H]1CC[C@@]2(C)C(=CC[C@H]3[C@@H]4C[C@@H](O)[C@@H](O)[C@@]4(C)CC[C@@H]32)C1. The third-order valence-electron chi connectivity index (χ3n) is 8.32. The van der Waals surface area contributed by atoms with E-state index in [4.69, 9.17) is 0 Å². The van der Waals surface area contributed by atoms with Gasteiger partial charge in [0.25, 0.3) is 0 Å². The summed E-state index contributed by atoms with van der Waals surface area (Å²) in [4.78, 5) is 0. The first kappa shape index (κ1) is 15.2. The first-order valence-electron chi connectivity index (χ1n) is 9.42. The molecule has 4 aliphatic carbocycles. The molecular formula is C20H32O2. The van der Waals surface area contributed by atoms with E-state index < -0.39 is 12.2 Å². The van der Waals surface area contributed by atoms with Gasteiger partial charge < -0.3 is 10.2 Å². The minimum Gasteiger partial charge on any atom is -0.390 e. The molecule has 0 aromatic carbocycles. The van der Waals surface area contributed by atoms with Gasteiger partial charge in [-0.3, -0.25) is 0 Å². The maximum atomic E-state index is 10.5. The number of aliphatic hydroxyl groups excluding tert-OH is 2. The fourth-order valence-corrected chi connectivity index (χ4v) is 6.83. The van der Waals surface area contributed by atoms with Crippen LogP contribution in [0.4, 0.5) is 0 Å². The Morgan fingerprint density at radius 1 is 1.09 bits per heavy atom. The molecule has 0 heterocycles. The van der Waals surface area contributed by atoms with E-state index in [1.807, 2.05) is 0 Å². The summed E-state index contributed by atoms with van der Waals surface area (Å²) in [5.74, 6) is 2.80. The Morgan fingerprint density at radius 3 is 2.64 bits per heavy atom. The summed E-state index contributed by atoms with van der Waals surface area (Å²) >= 11 is 0. The highest BCUT2D eigenvalue weighted by Crippen LogP contribution is 2.65. The van der Waals surface area contributed by atoms with Crippen LogP contribution in [0.2, 0.25) is 0 Å². The summed E-state index contributed by atoms with van der Waals surface area (Å²) < 4.78 is 0. The summed E-state index contributed by atoms with van der Waals surface area (Å²) in [5, 5.41) is 20.8. The molecule has 4 rings (SSSR count). The van der Waals surface area contributed by atoms with Gasteiger partial charge in [-0.25, -0.2) is 0 Å². The van der Waals surface area contributed by atoms with Crippen molar-refractivity contribution in [1.29, 1.82) is 0 Å². The molecule has 0 bridgehead atoms. The monoisotopic (exact) mass is 304 g/mol. The van der Waals surface area contributed by atoms with Crippen molar-refractivity contribution in [3.63, 3.8) is 0 Å². The van der Waals surface area contributed by atoms with Crippen molar-refractivity contribution < 1.29 is 10.2 Å². The number of hydrogen-bond acceptors (Lipinski definition) is 2. The lowest BCUT2D eigenvalue weighted by Gasteiger charge is -2.57. The van der Waals surface area contributed by atoms with Crippen LogP contribution in [0, 0.1) is 34.5 Å². The van der Waals surface area contributed by atoms with Crippen LogP contribution < -0.4 is 0 Å². The molecule has 2 N–H and O–H groups in total. The van der Waals surface area contributed by atoms with Crippen LogP contribution in [-0.4, -0.2) is 22.4 Å². The van der Waals surface area contributed by atoms with Crippen molar-refractivity contribution in [3.05, 3.63) is 11.6 Å². The van der Waals surface area contributed by atoms with E-state index >= 15 is 0 Å². The molecule has 4 aliphatic rings. The molecule has 22 heavy (non-hydrogen) atoms. The molecule has 3 saturated carbocycles. The van der Waals surface area contributed by atoms with E-state index in [1.165, 1.54) is 32.1 Å². The Bertz CT molecular complexity index is 498. The van der Waals surface area contributed by atoms with Crippen LogP contribution in [0.5, 0.6) is 0 Å². The summed E-state index contributed by atoms with van der Waals surface area (Å²) in [5.41, 5.74) is 2.08. The molecule has 0 radical (unpaired) electrons. The molecule has 0 amide bonds. The Morgan fingerprint density at radius 2 is 1.86 bits per heavy atom. The standard InChI is InChI=1S/C20H32O2/c1-12-6-8-19(2)13(10-12)4-5-14-15(19)7-9-20(3)16(14)11-17(21)18(20)22/h4,12,14-18,21-22H,5-11H2,1-3H3/t12-,14+,15-,16-,17+,18+,19-,20-/m0/s1. The number of hydrogen-bond donors (Lipinski definition) is 2. The normalized spacial score (nSPS) is 57.6. The molecule has 0 unspecified atom stereocenters. The first-order chi connectivity index (χ1) is 10.4. The zero-order valence-corrected chi connectivity index (χ0v) is 14.4. The van der Waals surface area contributed by atoms with E-state index in [0.29, 0.717) is 17.3 Å². The third kappa shape index (κ3) is 1.86. The Balaban J connectivity index is 1.68. The lowest BCUT2D eigenvalue weighted by molar-refractivity contribution is -0.0793. The molecule has 3 fully saturated rings. The minimum absolute atomic E-state index is 0.0513. The fraction of sp³-hybridized carbons (Fsp3) is 0.900. The lowest BCUT2D eigenvalue weighted by atomic mass is 9.47. The van der Waals surface area contributed by atoms with Crippen LogP contribution >= 0.6 is 0 Å². The van der Waals surface area contributed by atoms with Crippen LogP contribution in [0.1, 0.15) is 65.7 Å². The van der Waals surface area contributed by atoms with Gasteiger partial charge in [-0.05, 0) is 79.4 Å². The third-order valence-corrected chi connectivity index (χ3v) is 8.32. The van der Waals surface area contributed by atoms with Gasteiger partial charge in [0.2, 0.25) is 0 Å². The summed E-state index contributed by atoms with van der Waals surface area (Å²) in [6.45, 7) is 7.15. The Kier molecular flexibility index (Phi) is 3.34. The highest BCUT2D eigenvalue weighted by atomic mass is 16.3. The van der Waals surface area contributed by atoms with E-state index in [2.05, 4.69) is 26.8 Å². The Hall–Kier alpha value is -0.340. The molecule has 2 nitrogen and oxygen atoms in total. The van der Waals surface area contributed by atoms with Crippen LogP contribution in [-0.2, 0) is 0 Å². The van der Waals surface area contributed by atoms with E-state index in [9.17, 15) is 10.2 Å². The average Bonchev–Trinajstić information content (AvgIpc) is 2.72. The Labute approximate surface area is 135 Å². The van der Waals surface area contributed by atoms with Gasteiger partial charge in [-0.15, -0.1) is 0 Å². The van der Waals surface area contributed by atoms with Crippen molar-refractivity contribution >= 4 is 0 Å². The van der Waals surface area contributed by atoms with Gasteiger partial charge in [-0.1, -0.05) is 32.4 Å². The lowest BCUT2D eigenvalue weighted by Crippen LogP contribution is -2.51. The average molecular weight is 304 g/mol. The number of fused-ring (bicyclic) bond motifs is 5. The minimum atomic E-state index is -0.511. The highest BCUT2D eigenvalue weighted by Gasteiger charge is 2.60. The fourth-order valence-electron chi connectivity index (χ4n) is 6.83. The molecule has 0 aliphatic heterocycles. The van der Waals surface area contributed by atoms with Crippen LogP contribution in [0.25, 0.3) is 0 Å². The van der Waals surface area contributed by atoms with Crippen molar-refractivity contribution in [1.82, 2.24) is 0 Å². The topological polar surface area (TPSA) is 40.5 Å². The highest BCUT2D eigenvalue weighted by molar-refractivity contribution is 5.25. The molecule has 2 heteroatoms. The van der Waals surface area contributed by atoms with Crippen molar-refractivity contribution in [2.24, 2.45) is 34.5 Å². The molecule has 0 aromatic heterocycles. The molecule has 124 valence electrons. The quantitative estimate of drug-likeness (QED) is 0.666. The zero-order chi connectivity index (χ0) is 15.7. The first-order valence-corrected chi connectivity index (χ1v) is 9.42. The predicted molar refractivity (Wildman–Crippen MR) is 88.3 cm³/mol. The summed E-state index contributed by atoms with van der Waals surface area (Å²) in [7, 11) is 0. The zero-order valence-electron chi connectivity index (χ0n) is 14.4. The van der Waals surface area contributed by atoms with Gasteiger partial charge in [0.05, 0.1) is 12.2 Å². The van der Waals surface area contributed by atoms with E-state index in [-0.39, 0.29) is 5.41 Å². The smallest absolute Gasteiger partial charge is 0.0855 e. The maximum Gasteiger partial charge on any atom is 0.0855 e. The molecule has 0 spiro atoms. The van der Waals surface area contributed by atoms with Gasteiger partial charge in [0.15, 0.2) is 0 Å². The second-order valence-corrected chi connectivity index (χ2v) is 9.40. The molecule has 0 saturated heterocycles. The van der Waals surface area contributed by atoms with Gasteiger partial charge in [0.1, 0.15) is 0 Å². The second kappa shape index (κ2) is 4.83. The van der Waals surface area contributed by atoms with Gasteiger partial charge in [0, 0.05) is 0 Å². The number of rotatable bonds is 0. The van der Waals surface area contributed by atoms with Crippen molar-refractivity contribution in [3.8, 4) is 0 Å². The van der Waals surface area contributed by atoms with Crippen molar-refractivity contribution in [2.45, 2.75) is 77.9 Å². The maximum absolute atomic E-state index is 10.5. The predicted octanol–water partition coefficient (Wildman–Crippen LogP) is 3.92. The molecular weight excluding hydrogens is 272 g/mol. The van der Waals surface area contributed by atoms with Crippen molar-refractivity contribution in [2.75, 3.05) is 0 Å². The summed E-state index contributed by atoms with van der Waals surface area (Å²) in [6.07, 6.45) is 9.88. The molecule has 0 aromatic rings. The number of aliphatic hydroxyl groups is 2. The van der Waals surface area contributed by atoms with E-state index in [0.717, 1.165) is 24.7 Å². The van der Waals surface area contributed by atoms with Crippen LogP contribution in [0.3, 0.4) is 0 Å². The van der Waals surface area contributed by atoms with E-state index in [1.54, 1.807) is 5.57 Å². The summed E-state index contributed by atoms with van der Waals surface area (Å²) in [6, 6.07) is 0. The second-order valence-electron chi connectivity index (χ2n) is 9.40. The number of allylic oxidation sites excluding steroid dienone is 2. The van der Waals surface area contributed by atoms with Gasteiger partial charge in [-0.2, -0.15) is 0 Å². The largest absolute Gasteiger partial charge is 0.390 e.